The molecule has 0 heterocycles. The van der Waals surface area contributed by atoms with Gasteiger partial charge in [0, 0.05) is 6.07 Å². The predicted octanol–water partition coefficient (Wildman–Crippen LogP) is 3.09. The third-order valence-electron chi connectivity index (χ3n) is 1.92. The highest BCUT2D eigenvalue weighted by molar-refractivity contribution is 9.10. The average Bonchev–Trinajstić information content (AvgIpc) is 2.29. The number of nitro benzene ring substituents is 1. The summed E-state index contributed by atoms with van der Waals surface area (Å²) in [5.74, 6) is -0.585. The van der Waals surface area contributed by atoms with Gasteiger partial charge < -0.3 is 4.74 Å². The summed E-state index contributed by atoms with van der Waals surface area (Å²) in [5.41, 5.74) is -0.00473. The summed E-state index contributed by atoms with van der Waals surface area (Å²) in [6.07, 6.45) is 3.42. The van der Waals surface area contributed by atoms with Crippen LogP contribution < -0.4 is 0 Å². The summed E-state index contributed by atoms with van der Waals surface area (Å²) in [6.45, 7) is 1.96. The molecule has 1 rings (SSSR count). The van der Waals surface area contributed by atoms with E-state index in [1.807, 2.05) is 0 Å². The van der Waals surface area contributed by atoms with E-state index in [0.29, 0.717) is 4.47 Å². The minimum Gasteiger partial charge on any atom is -0.458 e. The summed E-state index contributed by atoms with van der Waals surface area (Å²) >= 11 is 3.04. The molecule has 0 saturated heterocycles. The number of esters is 1. The molecular weight excluding hydrogens is 290 g/mol. The maximum Gasteiger partial charge on any atom is 0.338 e. The van der Waals surface area contributed by atoms with E-state index in [1.54, 1.807) is 19.1 Å². The lowest BCUT2D eigenvalue weighted by atomic mass is 10.2. The van der Waals surface area contributed by atoms with Crippen molar-refractivity contribution >= 4 is 27.6 Å². The normalized spacial score (nSPS) is 10.5. The molecule has 0 atom stereocenters. The van der Waals surface area contributed by atoms with E-state index < -0.39 is 10.9 Å². The summed E-state index contributed by atoms with van der Waals surface area (Å²) in [5, 5.41) is 10.7. The number of nitro groups is 1. The third kappa shape index (κ3) is 3.67. The Kier molecular flexibility index (Phi) is 4.84. The molecule has 0 aliphatic heterocycles. The highest BCUT2D eigenvalue weighted by atomic mass is 79.9. The lowest BCUT2D eigenvalue weighted by molar-refractivity contribution is -0.385. The molecule has 0 bridgehead atoms. The molecule has 0 N–H and O–H groups in total. The zero-order chi connectivity index (χ0) is 12.8. The second-order valence-corrected chi connectivity index (χ2v) is 3.95. The summed E-state index contributed by atoms with van der Waals surface area (Å²) < 4.78 is 5.21. The van der Waals surface area contributed by atoms with Crippen LogP contribution in [-0.4, -0.2) is 17.5 Å². The number of hydrogen-bond donors (Lipinski definition) is 0. The van der Waals surface area contributed by atoms with Gasteiger partial charge in [-0.15, -0.1) is 0 Å². The van der Waals surface area contributed by atoms with Crippen molar-refractivity contribution in [3.63, 3.8) is 0 Å². The number of hydrogen-bond acceptors (Lipinski definition) is 4. The first-order chi connectivity index (χ1) is 8.06. The summed E-state index contributed by atoms with van der Waals surface area (Å²) in [4.78, 5) is 21.6. The Bertz CT molecular complexity index is 471. The van der Waals surface area contributed by atoms with Crippen molar-refractivity contribution in [3.05, 3.63) is 50.5 Å². The number of allylic oxidation sites excluding steroid dienone is 1. The zero-order valence-corrected chi connectivity index (χ0v) is 10.6. The Hall–Kier alpha value is -1.69. The van der Waals surface area contributed by atoms with Gasteiger partial charge in [0.2, 0.25) is 0 Å². The summed E-state index contributed by atoms with van der Waals surface area (Å²) in [7, 11) is 0. The molecule has 0 aromatic heterocycles. The number of carbonyl (C=O) groups excluding carboxylic acids is 1. The second-order valence-electron chi connectivity index (χ2n) is 3.09. The first kappa shape index (κ1) is 13.4. The van der Waals surface area contributed by atoms with Crippen LogP contribution in [-0.2, 0) is 4.74 Å². The number of ether oxygens (including phenoxy) is 1. The van der Waals surface area contributed by atoms with E-state index in [2.05, 4.69) is 15.9 Å². The highest BCUT2D eigenvalue weighted by Gasteiger charge is 2.16. The fraction of sp³-hybridized carbons (Fsp3) is 0.182. The standard InChI is InChI=1S/C11H10BrNO4/c1-2-3-6-17-11(14)8-4-5-9(12)10(7-8)13(15)16/h2-5,7H,6H2,1H3/b3-2+. The number of benzene rings is 1. The Morgan fingerprint density at radius 3 is 2.88 bits per heavy atom. The van der Waals surface area contributed by atoms with Crippen molar-refractivity contribution in [1.82, 2.24) is 0 Å². The molecule has 5 nitrogen and oxygen atoms in total. The van der Waals surface area contributed by atoms with Crippen LogP contribution in [0.2, 0.25) is 0 Å². The van der Waals surface area contributed by atoms with Crippen molar-refractivity contribution in [2.75, 3.05) is 6.61 Å². The van der Waals surface area contributed by atoms with Crippen molar-refractivity contribution in [1.29, 1.82) is 0 Å². The summed E-state index contributed by atoms with van der Waals surface area (Å²) in [6, 6.07) is 4.10. The van der Waals surface area contributed by atoms with E-state index in [1.165, 1.54) is 18.2 Å². The van der Waals surface area contributed by atoms with E-state index in [4.69, 9.17) is 4.74 Å². The molecule has 0 radical (unpaired) electrons. The molecule has 90 valence electrons. The fourth-order valence-electron chi connectivity index (χ4n) is 1.08. The molecule has 0 amide bonds. The molecule has 0 spiro atoms. The van der Waals surface area contributed by atoms with Gasteiger partial charge in [0.15, 0.2) is 0 Å². The molecule has 0 saturated carbocycles. The zero-order valence-electron chi connectivity index (χ0n) is 9.05. The molecule has 0 aliphatic carbocycles. The second kappa shape index (κ2) is 6.15. The maximum absolute atomic E-state index is 11.5. The maximum atomic E-state index is 11.5. The van der Waals surface area contributed by atoms with E-state index >= 15 is 0 Å². The Balaban J connectivity index is 2.88. The van der Waals surface area contributed by atoms with Crippen molar-refractivity contribution in [2.24, 2.45) is 0 Å². The van der Waals surface area contributed by atoms with E-state index in [9.17, 15) is 14.9 Å². The van der Waals surface area contributed by atoms with Crippen molar-refractivity contribution in [3.8, 4) is 0 Å². The predicted molar refractivity (Wildman–Crippen MR) is 65.9 cm³/mol. The van der Waals surface area contributed by atoms with Crippen LogP contribution in [0, 0.1) is 10.1 Å². The monoisotopic (exact) mass is 299 g/mol. The molecule has 0 aliphatic rings. The van der Waals surface area contributed by atoms with Gasteiger partial charge >= 0.3 is 5.97 Å². The number of halogens is 1. The minimum absolute atomic E-state index is 0.152. The largest absolute Gasteiger partial charge is 0.458 e. The first-order valence-electron chi connectivity index (χ1n) is 4.78. The van der Waals surface area contributed by atoms with Crippen LogP contribution in [0.5, 0.6) is 0 Å². The Morgan fingerprint density at radius 1 is 1.59 bits per heavy atom. The number of carbonyl (C=O) groups is 1. The number of nitrogens with zero attached hydrogens (tertiary/aromatic N) is 1. The van der Waals surface area contributed by atoms with Crippen LogP contribution in [0.15, 0.2) is 34.8 Å². The van der Waals surface area contributed by atoms with Crippen LogP contribution in [0.25, 0.3) is 0 Å². The van der Waals surface area contributed by atoms with Crippen LogP contribution in [0.4, 0.5) is 5.69 Å². The van der Waals surface area contributed by atoms with Gasteiger partial charge in [0.1, 0.15) is 6.61 Å². The van der Waals surface area contributed by atoms with E-state index in [-0.39, 0.29) is 17.9 Å². The van der Waals surface area contributed by atoms with Gasteiger partial charge in [-0.3, -0.25) is 10.1 Å². The van der Waals surface area contributed by atoms with Gasteiger partial charge in [-0.1, -0.05) is 12.2 Å². The lowest BCUT2D eigenvalue weighted by Crippen LogP contribution is -2.05. The molecule has 1 aromatic carbocycles. The molecular formula is C11H10BrNO4. The SMILES string of the molecule is C/C=C/COC(=O)c1ccc(Br)c([N+](=O)[O-])c1. The fourth-order valence-corrected chi connectivity index (χ4v) is 1.47. The lowest BCUT2D eigenvalue weighted by Gasteiger charge is -2.02. The number of rotatable bonds is 4. The van der Waals surface area contributed by atoms with Crippen LogP contribution in [0.1, 0.15) is 17.3 Å². The van der Waals surface area contributed by atoms with Gasteiger partial charge in [-0.25, -0.2) is 4.79 Å². The van der Waals surface area contributed by atoms with Crippen LogP contribution in [0.3, 0.4) is 0 Å². The van der Waals surface area contributed by atoms with Gasteiger partial charge in [-0.05, 0) is 35.0 Å². The topological polar surface area (TPSA) is 69.4 Å². The smallest absolute Gasteiger partial charge is 0.338 e. The molecule has 0 unspecified atom stereocenters. The molecule has 6 heteroatoms. The first-order valence-corrected chi connectivity index (χ1v) is 5.57. The Morgan fingerprint density at radius 2 is 2.29 bits per heavy atom. The molecule has 1 aromatic rings. The highest BCUT2D eigenvalue weighted by Crippen LogP contribution is 2.25. The quantitative estimate of drug-likeness (QED) is 0.371. The molecule has 17 heavy (non-hydrogen) atoms. The van der Waals surface area contributed by atoms with Gasteiger partial charge in [-0.2, -0.15) is 0 Å². The Labute approximate surface area is 106 Å². The van der Waals surface area contributed by atoms with E-state index in [0.717, 1.165) is 0 Å². The van der Waals surface area contributed by atoms with Crippen LogP contribution >= 0.6 is 15.9 Å². The molecule has 0 fully saturated rings. The van der Waals surface area contributed by atoms with Crippen molar-refractivity contribution in [2.45, 2.75) is 6.92 Å². The average molecular weight is 300 g/mol. The van der Waals surface area contributed by atoms with Gasteiger partial charge in [0.25, 0.3) is 5.69 Å². The third-order valence-corrected chi connectivity index (χ3v) is 2.60. The van der Waals surface area contributed by atoms with Crippen molar-refractivity contribution < 1.29 is 14.5 Å². The minimum atomic E-state index is -0.585. The van der Waals surface area contributed by atoms with Gasteiger partial charge in [0.05, 0.1) is 15.0 Å².